The summed E-state index contributed by atoms with van der Waals surface area (Å²) in [5.74, 6) is 0.403. The first-order valence-corrected chi connectivity index (χ1v) is 6.87. The van der Waals surface area contributed by atoms with Gasteiger partial charge in [-0.1, -0.05) is 18.5 Å². The van der Waals surface area contributed by atoms with Gasteiger partial charge in [0, 0.05) is 17.1 Å². The zero-order valence-corrected chi connectivity index (χ0v) is 12.6. The van der Waals surface area contributed by atoms with Gasteiger partial charge in [-0.05, 0) is 37.1 Å². The Bertz CT molecular complexity index is 635. The molecule has 0 N–H and O–H groups in total. The Kier molecular flexibility index (Phi) is 4.45. The third-order valence-electron chi connectivity index (χ3n) is 3.11. The minimum Gasteiger partial charge on any atom is -0.493 e. The van der Waals surface area contributed by atoms with Crippen molar-refractivity contribution in [2.45, 2.75) is 26.8 Å². The molecule has 0 saturated carbocycles. The third kappa shape index (κ3) is 2.70. The quantitative estimate of drug-likeness (QED) is 0.792. The predicted molar refractivity (Wildman–Crippen MR) is 78.7 cm³/mol. The molecule has 1 aromatic carbocycles. The first kappa shape index (κ1) is 14.6. The first-order valence-electron chi connectivity index (χ1n) is 6.49. The fourth-order valence-corrected chi connectivity index (χ4v) is 2.36. The van der Waals surface area contributed by atoms with Crippen molar-refractivity contribution < 1.29 is 9.53 Å². The largest absolute Gasteiger partial charge is 0.493 e. The van der Waals surface area contributed by atoms with E-state index in [4.69, 9.17) is 16.3 Å². The van der Waals surface area contributed by atoms with Gasteiger partial charge in [-0.25, -0.2) is 0 Å². The number of rotatable bonds is 5. The molecule has 1 heterocycles. The lowest BCUT2D eigenvalue weighted by Gasteiger charge is -2.09. The number of hydrogen-bond acceptors (Lipinski definition) is 3. The molecule has 0 aliphatic heterocycles. The SMILES string of the molecule is CCCn1ncc(OC)c1C(=O)c1ccc(Cl)cc1C. The number of hydrogen-bond donors (Lipinski definition) is 0. The maximum Gasteiger partial charge on any atom is 0.215 e. The van der Waals surface area contributed by atoms with E-state index in [0.717, 1.165) is 12.0 Å². The van der Waals surface area contributed by atoms with Crippen molar-refractivity contribution in [3.63, 3.8) is 0 Å². The number of nitrogens with zero attached hydrogens (tertiary/aromatic N) is 2. The van der Waals surface area contributed by atoms with E-state index in [1.165, 1.54) is 0 Å². The second kappa shape index (κ2) is 6.09. The lowest BCUT2D eigenvalue weighted by molar-refractivity contribution is 0.102. The van der Waals surface area contributed by atoms with E-state index in [9.17, 15) is 4.79 Å². The molecule has 0 atom stereocenters. The number of halogens is 1. The Hall–Kier alpha value is -1.81. The van der Waals surface area contributed by atoms with Crippen molar-refractivity contribution in [1.29, 1.82) is 0 Å². The van der Waals surface area contributed by atoms with Gasteiger partial charge < -0.3 is 4.74 Å². The summed E-state index contributed by atoms with van der Waals surface area (Å²) in [7, 11) is 1.54. The molecule has 0 bridgehead atoms. The molecule has 0 fully saturated rings. The van der Waals surface area contributed by atoms with Crippen molar-refractivity contribution in [2.75, 3.05) is 7.11 Å². The minimum absolute atomic E-state index is 0.0954. The van der Waals surface area contributed by atoms with Crippen LogP contribution in [0.25, 0.3) is 0 Å². The van der Waals surface area contributed by atoms with Gasteiger partial charge in [0.25, 0.3) is 0 Å². The molecule has 0 amide bonds. The van der Waals surface area contributed by atoms with Gasteiger partial charge in [0.2, 0.25) is 5.78 Å². The highest BCUT2D eigenvalue weighted by Gasteiger charge is 2.22. The Labute approximate surface area is 123 Å². The van der Waals surface area contributed by atoms with E-state index >= 15 is 0 Å². The van der Waals surface area contributed by atoms with Crippen LogP contribution in [0.15, 0.2) is 24.4 Å². The summed E-state index contributed by atoms with van der Waals surface area (Å²) < 4.78 is 6.94. The van der Waals surface area contributed by atoms with Crippen LogP contribution >= 0.6 is 11.6 Å². The summed E-state index contributed by atoms with van der Waals surface area (Å²) >= 11 is 5.93. The van der Waals surface area contributed by atoms with Gasteiger partial charge in [-0.15, -0.1) is 0 Å². The van der Waals surface area contributed by atoms with E-state index in [0.29, 0.717) is 28.6 Å². The highest BCUT2D eigenvalue weighted by Crippen LogP contribution is 2.24. The van der Waals surface area contributed by atoms with Crippen LogP contribution in [0.3, 0.4) is 0 Å². The number of benzene rings is 1. The van der Waals surface area contributed by atoms with Crippen LogP contribution in [0.4, 0.5) is 0 Å². The lowest BCUT2D eigenvalue weighted by Crippen LogP contribution is -2.13. The number of carbonyl (C=O) groups is 1. The molecule has 0 saturated heterocycles. The second-order valence-corrected chi connectivity index (χ2v) is 5.01. The summed E-state index contributed by atoms with van der Waals surface area (Å²) in [5.41, 5.74) is 1.94. The van der Waals surface area contributed by atoms with Gasteiger partial charge in [-0.3, -0.25) is 9.48 Å². The van der Waals surface area contributed by atoms with Crippen molar-refractivity contribution in [1.82, 2.24) is 9.78 Å². The second-order valence-electron chi connectivity index (χ2n) is 4.57. The maximum absolute atomic E-state index is 12.7. The number of methoxy groups -OCH3 is 1. The first-order chi connectivity index (χ1) is 9.58. The van der Waals surface area contributed by atoms with Gasteiger partial charge in [0.15, 0.2) is 11.4 Å². The van der Waals surface area contributed by atoms with Crippen LogP contribution in [0.2, 0.25) is 5.02 Å². The Balaban J connectivity index is 2.49. The van der Waals surface area contributed by atoms with Crippen molar-refractivity contribution in [3.05, 3.63) is 46.2 Å². The summed E-state index contributed by atoms with van der Waals surface area (Å²) in [4.78, 5) is 12.7. The average Bonchev–Trinajstić information content (AvgIpc) is 2.81. The Morgan fingerprint density at radius 3 is 2.80 bits per heavy atom. The highest BCUT2D eigenvalue weighted by molar-refractivity contribution is 6.30. The van der Waals surface area contributed by atoms with Gasteiger partial charge in [-0.2, -0.15) is 5.10 Å². The number of ether oxygens (including phenoxy) is 1. The molecule has 2 rings (SSSR count). The van der Waals surface area contributed by atoms with E-state index in [1.54, 1.807) is 36.2 Å². The molecule has 0 spiro atoms. The maximum atomic E-state index is 12.7. The summed E-state index contributed by atoms with van der Waals surface area (Å²) in [6.07, 6.45) is 2.47. The molecule has 4 nitrogen and oxygen atoms in total. The standard InChI is InChI=1S/C15H17ClN2O2/c1-4-7-18-14(13(20-3)9-17-18)15(19)12-6-5-11(16)8-10(12)2/h5-6,8-9H,4,7H2,1-3H3. The summed E-state index contributed by atoms with van der Waals surface area (Å²) in [5, 5.41) is 4.83. The Morgan fingerprint density at radius 2 is 2.20 bits per heavy atom. The minimum atomic E-state index is -0.0954. The topological polar surface area (TPSA) is 44.1 Å². The van der Waals surface area contributed by atoms with Gasteiger partial charge in [0.1, 0.15) is 0 Å². The van der Waals surface area contributed by atoms with E-state index in [-0.39, 0.29) is 5.78 Å². The number of aromatic nitrogens is 2. The van der Waals surface area contributed by atoms with Crippen LogP contribution < -0.4 is 4.74 Å². The molecule has 1 aromatic heterocycles. The predicted octanol–water partition coefficient (Wildman–Crippen LogP) is 3.49. The molecule has 0 aliphatic rings. The van der Waals surface area contributed by atoms with Crippen molar-refractivity contribution >= 4 is 17.4 Å². The smallest absolute Gasteiger partial charge is 0.215 e. The van der Waals surface area contributed by atoms with E-state index in [1.807, 2.05) is 13.8 Å². The fraction of sp³-hybridized carbons (Fsp3) is 0.333. The van der Waals surface area contributed by atoms with Crippen LogP contribution in [-0.2, 0) is 6.54 Å². The normalized spacial score (nSPS) is 10.6. The molecule has 2 aromatic rings. The molecule has 20 heavy (non-hydrogen) atoms. The zero-order valence-electron chi connectivity index (χ0n) is 11.8. The molecule has 5 heteroatoms. The molecule has 0 radical (unpaired) electrons. The lowest BCUT2D eigenvalue weighted by atomic mass is 10.0. The number of ketones is 1. The van der Waals surface area contributed by atoms with E-state index < -0.39 is 0 Å². The molecule has 0 unspecified atom stereocenters. The molecular weight excluding hydrogens is 276 g/mol. The summed E-state index contributed by atoms with van der Waals surface area (Å²) in [6, 6.07) is 5.24. The monoisotopic (exact) mass is 292 g/mol. The molecule has 106 valence electrons. The van der Waals surface area contributed by atoms with Crippen LogP contribution in [-0.4, -0.2) is 22.7 Å². The average molecular weight is 293 g/mol. The number of carbonyl (C=O) groups excluding carboxylic acids is 1. The molecular formula is C15H17ClN2O2. The zero-order chi connectivity index (χ0) is 14.7. The highest BCUT2D eigenvalue weighted by atomic mass is 35.5. The van der Waals surface area contributed by atoms with Crippen molar-refractivity contribution in [2.24, 2.45) is 0 Å². The van der Waals surface area contributed by atoms with Gasteiger partial charge in [0.05, 0.1) is 13.3 Å². The molecule has 0 aliphatic carbocycles. The van der Waals surface area contributed by atoms with Crippen LogP contribution in [0.5, 0.6) is 5.75 Å². The third-order valence-corrected chi connectivity index (χ3v) is 3.34. The summed E-state index contributed by atoms with van der Waals surface area (Å²) in [6.45, 7) is 4.58. The van der Waals surface area contributed by atoms with Crippen LogP contribution in [0, 0.1) is 6.92 Å². The van der Waals surface area contributed by atoms with Crippen molar-refractivity contribution in [3.8, 4) is 5.75 Å². The van der Waals surface area contributed by atoms with Crippen LogP contribution in [0.1, 0.15) is 35.0 Å². The van der Waals surface area contributed by atoms with E-state index in [2.05, 4.69) is 5.10 Å². The fourth-order valence-electron chi connectivity index (χ4n) is 2.14. The number of aryl methyl sites for hydroxylation is 2. The van der Waals surface area contributed by atoms with Gasteiger partial charge >= 0.3 is 0 Å². The Morgan fingerprint density at radius 1 is 1.45 bits per heavy atom.